The molecule has 82 valence electrons. The third-order valence-electron chi connectivity index (χ3n) is 1.83. The van der Waals surface area contributed by atoms with Gasteiger partial charge < -0.3 is 5.73 Å². The van der Waals surface area contributed by atoms with E-state index in [1.165, 1.54) is 0 Å². The minimum absolute atomic E-state index is 0.203. The fourth-order valence-corrected chi connectivity index (χ4v) is 1.14. The number of nitrogens with two attached hydrogens (primary N) is 1. The number of nitrogens with one attached hydrogen (secondary N) is 1. The molecule has 5 heteroatoms. The van der Waals surface area contributed by atoms with E-state index in [4.69, 9.17) is 5.73 Å². The summed E-state index contributed by atoms with van der Waals surface area (Å²) >= 11 is 0. The third kappa shape index (κ3) is 4.05. The maximum Gasteiger partial charge on any atom is 0.251 e. The summed E-state index contributed by atoms with van der Waals surface area (Å²) in [6.07, 6.45) is 2.13. The predicted molar refractivity (Wildman–Crippen MR) is 57.7 cm³/mol. The lowest BCUT2D eigenvalue weighted by Gasteiger charge is -2.16. The maximum atomic E-state index is 11.5. The Hall–Kier alpha value is -1.46. The van der Waals surface area contributed by atoms with E-state index in [1.54, 1.807) is 25.3 Å². The molecule has 5 nitrogen and oxygen atoms in total. The molecule has 1 atom stereocenters. The van der Waals surface area contributed by atoms with Crippen molar-refractivity contribution < 1.29 is 4.79 Å². The van der Waals surface area contributed by atoms with Crippen molar-refractivity contribution in [1.29, 1.82) is 0 Å². The minimum Gasteiger partial charge on any atom is -0.320 e. The average Bonchev–Trinajstić information content (AvgIpc) is 2.18. The zero-order valence-corrected chi connectivity index (χ0v) is 8.97. The number of amides is 1. The molecule has 0 aromatic carbocycles. The van der Waals surface area contributed by atoms with Crippen molar-refractivity contribution in [1.82, 2.24) is 15.4 Å². The quantitative estimate of drug-likeness (QED) is 0.657. The van der Waals surface area contributed by atoms with Crippen molar-refractivity contribution >= 4 is 5.91 Å². The molecule has 1 aromatic rings. The van der Waals surface area contributed by atoms with Gasteiger partial charge in [-0.3, -0.25) is 15.2 Å². The first-order valence-corrected chi connectivity index (χ1v) is 4.73. The second kappa shape index (κ2) is 5.43. The highest BCUT2D eigenvalue weighted by Crippen LogP contribution is 1.97. The number of hydrogen-bond acceptors (Lipinski definition) is 4. The third-order valence-corrected chi connectivity index (χ3v) is 1.83. The molecule has 1 rings (SSSR count). The Morgan fingerprint density at radius 2 is 2.33 bits per heavy atom. The van der Waals surface area contributed by atoms with Gasteiger partial charge in [-0.1, -0.05) is 6.07 Å². The number of nitrogens with zero attached hydrogens (tertiary/aromatic N) is 2. The smallest absolute Gasteiger partial charge is 0.251 e. The normalized spacial score (nSPS) is 12.5. The number of carbonyl (C=O) groups is 1. The van der Waals surface area contributed by atoms with Gasteiger partial charge in [-0.2, -0.15) is 0 Å². The molecule has 0 saturated carbocycles. The van der Waals surface area contributed by atoms with Gasteiger partial charge in [0.25, 0.3) is 5.91 Å². The van der Waals surface area contributed by atoms with Crippen LogP contribution >= 0.6 is 0 Å². The maximum absolute atomic E-state index is 11.5. The van der Waals surface area contributed by atoms with Crippen LogP contribution in [0.3, 0.4) is 0 Å². The van der Waals surface area contributed by atoms with E-state index < -0.39 is 6.04 Å². The Kier molecular flexibility index (Phi) is 4.20. The molecule has 0 aliphatic carbocycles. The predicted octanol–water partition coefficient (Wildman–Crippen LogP) is -0.456. The molecule has 1 amide bonds. The number of rotatable bonds is 4. The van der Waals surface area contributed by atoms with E-state index in [1.807, 2.05) is 18.2 Å². The summed E-state index contributed by atoms with van der Waals surface area (Å²) in [5, 5.41) is 1.57. The summed E-state index contributed by atoms with van der Waals surface area (Å²) in [7, 11) is 3.48. The first-order chi connectivity index (χ1) is 7.09. The molecule has 0 spiro atoms. The van der Waals surface area contributed by atoms with Crippen LogP contribution in [0.2, 0.25) is 0 Å². The zero-order valence-electron chi connectivity index (χ0n) is 8.97. The summed E-state index contributed by atoms with van der Waals surface area (Å²) in [5.41, 5.74) is 9.14. The minimum atomic E-state index is -0.567. The van der Waals surface area contributed by atoms with Gasteiger partial charge in [0.05, 0.1) is 6.04 Å². The van der Waals surface area contributed by atoms with Crippen molar-refractivity contribution in [3.8, 4) is 0 Å². The molecule has 15 heavy (non-hydrogen) atoms. The van der Waals surface area contributed by atoms with Crippen LogP contribution < -0.4 is 11.2 Å². The topological polar surface area (TPSA) is 71.2 Å². The summed E-state index contributed by atoms with van der Waals surface area (Å²) in [6.45, 7) is 0. The van der Waals surface area contributed by atoms with E-state index in [-0.39, 0.29) is 5.91 Å². The van der Waals surface area contributed by atoms with E-state index in [0.717, 1.165) is 5.69 Å². The van der Waals surface area contributed by atoms with Gasteiger partial charge in [0.1, 0.15) is 0 Å². The first kappa shape index (κ1) is 11.6. The van der Waals surface area contributed by atoms with Crippen molar-refractivity contribution in [3.05, 3.63) is 30.1 Å². The molecule has 0 bridgehead atoms. The first-order valence-electron chi connectivity index (χ1n) is 4.73. The molecule has 0 aliphatic heterocycles. The fourth-order valence-electron chi connectivity index (χ4n) is 1.14. The van der Waals surface area contributed by atoms with Gasteiger partial charge in [0.15, 0.2) is 0 Å². The van der Waals surface area contributed by atoms with Gasteiger partial charge in [-0.15, -0.1) is 0 Å². The van der Waals surface area contributed by atoms with E-state index in [2.05, 4.69) is 10.4 Å². The Labute approximate surface area is 89.3 Å². The van der Waals surface area contributed by atoms with Crippen LogP contribution in [0.15, 0.2) is 24.4 Å². The van der Waals surface area contributed by atoms with Gasteiger partial charge in [0, 0.05) is 32.4 Å². The monoisotopic (exact) mass is 208 g/mol. The van der Waals surface area contributed by atoms with Crippen LogP contribution in [0.5, 0.6) is 0 Å². The molecule has 1 aromatic heterocycles. The Balaban J connectivity index is 2.49. The Bertz CT molecular complexity index is 312. The molecule has 3 N–H and O–H groups in total. The second-order valence-electron chi connectivity index (χ2n) is 3.50. The number of carbonyl (C=O) groups excluding carboxylic acids is 1. The van der Waals surface area contributed by atoms with Crippen LogP contribution in [0, 0.1) is 0 Å². The van der Waals surface area contributed by atoms with Gasteiger partial charge in [0.2, 0.25) is 0 Å². The summed E-state index contributed by atoms with van der Waals surface area (Å²) in [4.78, 5) is 15.6. The fraction of sp³-hybridized carbons (Fsp3) is 0.400. The number of pyridine rings is 1. The molecule has 1 heterocycles. The van der Waals surface area contributed by atoms with Crippen LogP contribution in [-0.4, -0.2) is 36.0 Å². The van der Waals surface area contributed by atoms with Gasteiger partial charge >= 0.3 is 0 Å². The SMILES string of the molecule is CN(C)NC(=O)C(N)Cc1ccccn1. The molecule has 1 unspecified atom stereocenters. The van der Waals surface area contributed by atoms with E-state index in [0.29, 0.717) is 6.42 Å². The highest BCUT2D eigenvalue weighted by atomic mass is 16.2. The largest absolute Gasteiger partial charge is 0.320 e. The van der Waals surface area contributed by atoms with Gasteiger partial charge in [-0.25, -0.2) is 5.01 Å². The average molecular weight is 208 g/mol. The Morgan fingerprint density at radius 3 is 2.87 bits per heavy atom. The van der Waals surface area contributed by atoms with Crippen molar-refractivity contribution in [2.45, 2.75) is 12.5 Å². The molecule has 0 fully saturated rings. The lowest BCUT2D eigenvalue weighted by Crippen LogP contribution is -2.47. The van der Waals surface area contributed by atoms with E-state index >= 15 is 0 Å². The summed E-state index contributed by atoms with van der Waals surface area (Å²) < 4.78 is 0. The lowest BCUT2D eigenvalue weighted by molar-refractivity contribution is -0.126. The number of aromatic nitrogens is 1. The molecule has 0 aliphatic rings. The highest BCUT2D eigenvalue weighted by molar-refractivity contribution is 5.81. The highest BCUT2D eigenvalue weighted by Gasteiger charge is 2.14. The van der Waals surface area contributed by atoms with Gasteiger partial charge in [-0.05, 0) is 12.1 Å². The van der Waals surface area contributed by atoms with Crippen LogP contribution in [0.4, 0.5) is 0 Å². The standard InChI is InChI=1S/C10H16N4O/c1-14(2)13-10(15)9(11)7-8-5-3-4-6-12-8/h3-6,9H,7,11H2,1-2H3,(H,13,15). The number of hydrazine groups is 1. The summed E-state index contributed by atoms with van der Waals surface area (Å²) in [6, 6.07) is 4.98. The lowest BCUT2D eigenvalue weighted by atomic mass is 10.1. The molecular weight excluding hydrogens is 192 g/mol. The zero-order chi connectivity index (χ0) is 11.3. The van der Waals surface area contributed by atoms with Crippen LogP contribution in [-0.2, 0) is 11.2 Å². The number of hydrogen-bond donors (Lipinski definition) is 2. The van der Waals surface area contributed by atoms with Crippen molar-refractivity contribution in [3.63, 3.8) is 0 Å². The molecule has 0 saturated heterocycles. The van der Waals surface area contributed by atoms with Crippen molar-refractivity contribution in [2.75, 3.05) is 14.1 Å². The van der Waals surface area contributed by atoms with Crippen molar-refractivity contribution in [2.24, 2.45) is 5.73 Å². The van der Waals surface area contributed by atoms with E-state index in [9.17, 15) is 4.79 Å². The Morgan fingerprint density at radius 1 is 1.60 bits per heavy atom. The van der Waals surface area contributed by atoms with Crippen LogP contribution in [0.25, 0.3) is 0 Å². The second-order valence-corrected chi connectivity index (χ2v) is 3.50. The van der Waals surface area contributed by atoms with Crippen LogP contribution in [0.1, 0.15) is 5.69 Å². The summed E-state index contributed by atoms with van der Waals surface area (Å²) in [5.74, 6) is -0.203. The molecule has 0 radical (unpaired) electrons. The molecular formula is C10H16N4O.